The fourth-order valence-corrected chi connectivity index (χ4v) is 4.83. The zero-order valence-corrected chi connectivity index (χ0v) is 21.7. The van der Waals surface area contributed by atoms with Gasteiger partial charge in [-0.2, -0.15) is 0 Å². The Morgan fingerprint density at radius 1 is 0.850 bits per heavy atom. The zero-order valence-electron chi connectivity index (χ0n) is 21.7. The molecule has 1 unspecified atom stereocenters. The average molecular weight is 552 g/mol. The van der Waals surface area contributed by atoms with Crippen LogP contribution in [-0.4, -0.2) is 40.8 Å². The van der Waals surface area contributed by atoms with Gasteiger partial charge in [-0.3, -0.25) is 4.79 Å². The molecule has 1 fully saturated rings. The summed E-state index contributed by atoms with van der Waals surface area (Å²) in [5.41, 5.74) is 2.98. The number of benzene rings is 3. The predicted molar refractivity (Wildman–Crippen MR) is 145 cm³/mol. The second kappa shape index (κ2) is 13.2. The molecule has 1 aliphatic rings. The molecule has 3 aromatic carbocycles. The number of nitrogens with one attached hydrogen (secondary N) is 3. The molecule has 0 spiro atoms. The quantitative estimate of drug-likeness (QED) is 0.253. The van der Waals surface area contributed by atoms with E-state index in [1.807, 2.05) is 12.1 Å². The van der Waals surface area contributed by atoms with Crippen molar-refractivity contribution in [3.8, 4) is 0 Å². The van der Waals surface area contributed by atoms with Crippen LogP contribution in [0.4, 0.5) is 19.3 Å². The van der Waals surface area contributed by atoms with Gasteiger partial charge in [0.1, 0.15) is 0 Å². The van der Waals surface area contributed by atoms with Gasteiger partial charge in [0.15, 0.2) is 17.7 Å². The fraction of sp³-hybridized carbons (Fsp3) is 0.300. The van der Waals surface area contributed by atoms with Gasteiger partial charge in [0.2, 0.25) is 0 Å². The number of urea groups is 1. The molecule has 3 aromatic rings. The van der Waals surface area contributed by atoms with Crippen LogP contribution in [-0.2, 0) is 4.79 Å². The van der Waals surface area contributed by atoms with Crippen LogP contribution < -0.4 is 16.0 Å². The van der Waals surface area contributed by atoms with Crippen LogP contribution in [0.5, 0.6) is 0 Å². The number of aliphatic carboxylic acids is 1. The van der Waals surface area contributed by atoms with Gasteiger partial charge in [0, 0.05) is 17.3 Å². The molecule has 0 heterocycles. The summed E-state index contributed by atoms with van der Waals surface area (Å²) in [5, 5.41) is 25.9. The lowest BCUT2D eigenvalue weighted by atomic mass is 9.83. The average Bonchev–Trinajstić information content (AvgIpc) is 2.97. The molecule has 0 radical (unpaired) electrons. The highest BCUT2D eigenvalue weighted by molar-refractivity contribution is 5.94. The number of aliphatic hydroxyl groups is 1. The molecular formula is C30H31F2N3O5. The van der Waals surface area contributed by atoms with Crippen molar-refractivity contribution in [1.29, 1.82) is 0 Å². The fourth-order valence-electron chi connectivity index (χ4n) is 4.83. The Morgan fingerprint density at radius 2 is 1.48 bits per heavy atom. The van der Waals surface area contributed by atoms with Crippen LogP contribution in [0.1, 0.15) is 71.1 Å². The van der Waals surface area contributed by atoms with E-state index in [4.69, 9.17) is 5.11 Å². The van der Waals surface area contributed by atoms with Crippen LogP contribution >= 0.6 is 0 Å². The molecular weight excluding hydrogens is 520 g/mol. The molecule has 1 saturated carbocycles. The number of carbonyl (C=O) groups is 3. The van der Waals surface area contributed by atoms with Crippen LogP contribution in [0.15, 0.2) is 66.7 Å². The van der Waals surface area contributed by atoms with E-state index in [0.717, 1.165) is 30.5 Å². The van der Waals surface area contributed by atoms with Crippen molar-refractivity contribution in [3.63, 3.8) is 0 Å². The van der Waals surface area contributed by atoms with E-state index in [1.54, 1.807) is 12.1 Å². The molecule has 0 saturated heterocycles. The molecule has 40 heavy (non-hydrogen) atoms. The van der Waals surface area contributed by atoms with E-state index in [-0.39, 0.29) is 11.3 Å². The summed E-state index contributed by atoms with van der Waals surface area (Å²) in [6.07, 6.45) is 4.23. The van der Waals surface area contributed by atoms with Gasteiger partial charge in [-0.25, -0.2) is 18.4 Å². The summed E-state index contributed by atoms with van der Waals surface area (Å²) in [7, 11) is 0. The molecule has 0 aliphatic heterocycles. The van der Waals surface area contributed by atoms with Crippen molar-refractivity contribution in [3.05, 3.63) is 101 Å². The van der Waals surface area contributed by atoms with Gasteiger partial charge >= 0.3 is 12.0 Å². The van der Waals surface area contributed by atoms with Crippen LogP contribution in [0.3, 0.4) is 0 Å². The molecule has 5 N–H and O–H groups in total. The number of carboxylic acid groups (broad SMARTS) is 1. The summed E-state index contributed by atoms with van der Waals surface area (Å²) in [6, 6.07) is 16.1. The summed E-state index contributed by atoms with van der Waals surface area (Å²) < 4.78 is 26.9. The molecule has 210 valence electrons. The third-order valence-electron chi connectivity index (χ3n) is 7.05. The second-order valence-electron chi connectivity index (χ2n) is 9.85. The number of halogens is 2. The van der Waals surface area contributed by atoms with Crippen LogP contribution in [0, 0.1) is 11.6 Å². The van der Waals surface area contributed by atoms with Crippen molar-refractivity contribution in [2.75, 3.05) is 11.9 Å². The SMILES string of the molecule is O=C(Nc1ccc(F)c(F)c1)NC(c1ccc(C(=O)NC[C@@H](O)C(=O)O)cc1)c1ccc(C2CCCCC2)cc1. The van der Waals surface area contributed by atoms with Gasteiger partial charge in [0.05, 0.1) is 12.6 Å². The number of carbonyl (C=O) groups excluding carboxylic acids is 2. The van der Waals surface area contributed by atoms with Crippen molar-refractivity contribution >= 4 is 23.6 Å². The highest BCUT2D eigenvalue weighted by Crippen LogP contribution is 2.33. The molecule has 2 atom stereocenters. The van der Waals surface area contributed by atoms with E-state index in [0.29, 0.717) is 11.5 Å². The number of hydrogen-bond acceptors (Lipinski definition) is 4. The highest BCUT2D eigenvalue weighted by Gasteiger charge is 2.21. The standard InChI is InChI=1S/C30H31F2N3O5/c31-24-15-14-23(16-25(24)32)34-30(40)35-27(20-8-6-19(7-9-20)18-4-2-1-3-5-18)21-10-12-22(13-11-21)28(37)33-17-26(36)29(38)39/h6-16,18,26-27,36H,1-5,17H2,(H,33,37)(H,38,39)(H2,34,35,40)/t26-,27?/m1/s1. The number of aliphatic hydroxyl groups excluding tert-OH is 1. The summed E-state index contributed by atoms with van der Waals surface area (Å²) in [5.74, 6) is -3.62. The lowest BCUT2D eigenvalue weighted by Gasteiger charge is -2.24. The van der Waals surface area contributed by atoms with Gasteiger partial charge in [-0.05, 0) is 59.7 Å². The Morgan fingerprint density at radius 3 is 2.08 bits per heavy atom. The number of amides is 3. The topological polar surface area (TPSA) is 128 Å². The Hall–Kier alpha value is -4.31. The van der Waals surface area contributed by atoms with Crippen molar-refractivity contribution < 1.29 is 33.4 Å². The smallest absolute Gasteiger partial charge is 0.334 e. The minimum Gasteiger partial charge on any atom is -0.479 e. The molecule has 0 bridgehead atoms. The molecule has 8 nitrogen and oxygen atoms in total. The van der Waals surface area contributed by atoms with Crippen molar-refractivity contribution in [1.82, 2.24) is 10.6 Å². The molecule has 1 aliphatic carbocycles. The van der Waals surface area contributed by atoms with E-state index in [9.17, 15) is 28.3 Å². The Bertz CT molecular complexity index is 1340. The number of anilines is 1. The second-order valence-corrected chi connectivity index (χ2v) is 9.85. The lowest BCUT2D eigenvalue weighted by Crippen LogP contribution is -2.36. The largest absolute Gasteiger partial charge is 0.479 e. The lowest BCUT2D eigenvalue weighted by molar-refractivity contribution is -0.146. The number of hydrogen-bond donors (Lipinski definition) is 5. The van der Waals surface area contributed by atoms with Crippen LogP contribution in [0.25, 0.3) is 0 Å². The number of rotatable bonds is 9. The third-order valence-corrected chi connectivity index (χ3v) is 7.05. The van der Waals surface area contributed by atoms with E-state index in [1.165, 1.54) is 43.0 Å². The van der Waals surface area contributed by atoms with E-state index >= 15 is 0 Å². The Labute approximate surface area is 230 Å². The predicted octanol–water partition coefficient (Wildman–Crippen LogP) is 5.10. The highest BCUT2D eigenvalue weighted by atomic mass is 19.2. The summed E-state index contributed by atoms with van der Waals surface area (Å²) in [6.45, 7) is -0.447. The maximum absolute atomic E-state index is 13.6. The maximum atomic E-state index is 13.6. The van der Waals surface area contributed by atoms with E-state index in [2.05, 4.69) is 28.1 Å². The van der Waals surface area contributed by atoms with Gasteiger partial charge in [-0.15, -0.1) is 0 Å². The first-order valence-electron chi connectivity index (χ1n) is 13.1. The monoisotopic (exact) mass is 551 g/mol. The first-order valence-corrected chi connectivity index (χ1v) is 13.1. The molecule has 3 amide bonds. The number of carboxylic acids is 1. The first-order chi connectivity index (χ1) is 19.2. The first kappa shape index (κ1) is 28.7. The van der Waals surface area contributed by atoms with E-state index < -0.39 is 48.2 Å². The van der Waals surface area contributed by atoms with Gasteiger partial charge < -0.3 is 26.2 Å². The molecule has 10 heteroatoms. The maximum Gasteiger partial charge on any atom is 0.334 e. The molecule has 4 rings (SSSR count). The van der Waals surface area contributed by atoms with Crippen molar-refractivity contribution in [2.45, 2.75) is 50.2 Å². The minimum absolute atomic E-state index is 0.0818. The normalized spacial score (nSPS) is 15.1. The third kappa shape index (κ3) is 7.41. The van der Waals surface area contributed by atoms with Crippen molar-refractivity contribution in [2.24, 2.45) is 0 Å². The van der Waals surface area contributed by atoms with Gasteiger partial charge in [0.25, 0.3) is 5.91 Å². The summed E-state index contributed by atoms with van der Waals surface area (Å²) >= 11 is 0. The minimum atomic E-state index is -1.72. The summed E-state index contributed by atoms with van der Waals surface area (Å²) in [4.78, 5) is 36.0. The Kier molecular flexibility index (Phi) is 9.44. The molecule has 0 aromatic heterocycles. The zero-order chi connectivity index (χ0) is 28.6. The van der Waals surface area contributed by atoms with Gasteiger partial charge in [-0.1, -0.05) is 55.7 Å². The Balaban J connectivity index is 1.54. The van der Waals surface area contributed by atoms with Crippen LogP contribution in [0.2, 0.25) is 0 Å².